The van der Waals surface area contributed by atoms with Gasteiger partial charge in [-0.25, -0.2) is 16.8 Å². The third-order valence-corrected chi connectivity index (χ3v) is 19.5. The predicted molar refractivity (Wildman–Crippen MR) is 284 cm³/mol. The van der Waals surface area contributed by atoms with Crippen LogP contribution in [0.4, 0.5) is 5.69 Å². The molecule has 19 heteroatoms. The van der Waals surface area contributed by atoms with Crippen LogP contribution in [0.15, 0.2) is 142 Å². The predicted octanol–water partition coefficient (Wildman–Crippen LogP) is 10.7. The zero-order chi connectivity index (χ0) is 50.0. The van der Waals surface area contributed by atoms with E-state index in [1.54, 1.807) is 83.3 Å². The number of nitrogens with zero attached hydrogens (tertiary/aromatic N) is 3. The van der Waals surface area contributed by atoms with Crippen molar-refractivity contribution >= 4 is 94.3 Å². The lowest BCUT2D eigenvalue weighted by atomic mass is 10.1. The SMILES string of the molecule is CCCc1cccc(OC2CCN(S(=O)(=O)c3ccc(CNC(=O)c4ccc(Cl)cc4)s3)CC2)c1.O=C(NCc1ccc(S(=O)(=O)N2CCC(Nc3cccc4cccnc34)CC2)s1)c1ccc(Cl)cc1. The molecule has 0 aliphatic carbocycles. The number of hydrogen-bond acceptors (Lipinski definition) is 11. The first kappa shape index (κ1) is 52.0. The molecule has 3 N–H and O–H groups in total. The summed E-state index contributed by atoms with van der Waals surface area (Å²) in [6.07, 6.45) is 6.58. The molecule has 13 nitrogen and oxygen atoms in total. The maximum atomic E-state index is 13.2. The molecule has 0 spiro atoms. The Bertz CT molecular complexity index is 3150. The van der Waals surface area contributed by atoms with Gasteiger partial charge in [0.2, 0.25) is 0 Å². The smallest absolute Gasteiger partial charge is 0.252 e. The number of thiophene rings is 2. The molecular weight excluding hydrogens is 1020 g/mol. The van der Waals surface area contributed by atoms with E-state index >= 15 is 0 Å². The molecule has 2 aliphatic rings. The van der Waals surface area contributed by atoms with Crippen molar-refractivity contribution in [1.29, 1.82) is 0 Å². The fraction of sp³-hybridized carbons (Fsp3) is 0.288. The molecule has 2 aliphatic heterocycles. The fourth-order valence-corrected chi connectivity index (χ4v) is 14.4. The zero-order valence-corrected chi connectivity index (χ0v) is 43.7. The number of fused-ring (bicyclic) bond motifs is 1. The van der Waals surface area contributed by atoms with Gasteiger partial charge in [0, 0.05) is 74.7 Å². The number of carbonyl (C=O) groups is 2. The van der Waals surface area contributed by atoms with Crippen LogP contribution >= 0.6 is 45.9 Å². The number of sulfonamides is 2. The van der Waals surface area contributed by atoms with E-state index < -0.39 is 20.0 Å². The molecule has 0 saturated carbocycles. The fourth-order valence-electron chi connectivity index (χ4n) is 8.31. The van der Waals surface area contributed by atoms with Crippen molar-refractivity contribution in [1.82, 2.24) is 24.2 Å². The van der Waals surface area contributed by atoms with Gasteiger partial charge < -0.3 is 20.7 Å². The summed E-state index contributed by atoms with van der Waals surface area (Å²) in [5.74, 6) is 0.378. The molecule has 372 valence electrons. The number of nitrogens with one attached hydrogen (secondary N) is 3. The molecule has 71 heavy (non-hydrogen) atoms. The lowest BCUT2D eigenvalue weighted by Crippen LogP contribution is -2.42. The number of halogens is 2. The Morgan fingerprint density at radius 2 is 1.18 bits per heavy atom. The van der Waals surface area contributed by atoms with Gasteiger partial charge in [-0.2, -0.15) is 8.61 Å². The highest BCUT2D eigenvalue weighted by molar-refractivity contribution is 7.91. The summed E-state index contributed by atoms with van der Waals surface area (Å²) < 4.78 is 62.6. The number of rotatable bonds is 16. The van der Waals surface area contributed by atoms with Crippen molar-refractivity contribution in [2.24, 2.45) is 0 Å². The minimum absolute atomic E-state index is 0.000281. The van der Waals surface area contributed by atoms with Crippen molar-refractivity contribution in [3.63, 3.8) is 0 Å². The number of benzene rings is 4. The Labute approximate surface area is 433 Å². The molecule has 0 bridgehead atoms. The second kappa shape index (κ2) is 23.9. The molecule has 2 saturated heterocycles. The number of aryl methyl sites for hydroxylation is 1. The van der Waals surface area contributed by atoms with Gasteiger partial charge in [0.1, 0.15) is 20.3 Å². The first-order valence-corrected chi connectivity index (χ1v) is 28.6. The Hall–Kier alpha value is -5.37. The van der Waals surface area contributed by atoms with Gasteiger partial charge in [-0.15, -0.1) is 22.7 Å². The van der Waals surface area contributed by atoms with E-state index in [4.69, 9.17) is 27.9 Å². The van der Waals surface area contributed by atoms with E-state index in [0.717, 1.165) is 44.9 Å². The lowest BCUT2D eigenvalue weighted by Gasteiger charge is -2.32. The molecule has 3 aromatic heterocycles. The highest BCUT2D eigenvalue weighted by Gasteiger charge is 2.32. The molecule has 5 heterocycles. The number of aromatic nitrogens is 1. The van der Waals surface area contributed by atoms with Crippen LogP contribution in [-0.2, 0) is 39.6 Å². The number of pyridine rings is 1. The summed E-state index contributed by atoms with van der Waals surface area (Å²) in [6.45, 7) is 4.39. The second-order valence-corrected chi connectivity index (χ2v) is 24.7. The molecule has 2 amide bonds. The van der Waals surface area contributed by atoms with E-state index in [9.17, 15) is 26.4 Å². The molecule has 0 atom stereocenters. The molecule has 9 rings (SSSR count). The monoisotopic (exact) mass is 1070 g/mol. The van der Waals surface area contributed by atoms with Crippen molar-refractivity contribution in [2.75, 3.05) is 31.5 Å². The molecule has 2 fully saturated rings. The molecular formula is C52H54Cl2N6O7S4. The maximum absolute atomic E-state index is 13.2. The average molecular weight is 1070 g/mol. The number of ether oxygens (including phenoxy) is 1. The van der Waals surface area contributed by atoms with Crippen LogP contribution in [0.1, 0.15) is 75.1 Å². The maximum Gasteiger partial charge on any atom is 0.252 e. The molecule has 7 aromatic rings. The van der Waals surface area contributed by atoms with E-state index in [1.807, 2.05) is 42.5 Å². The van der Waals surface area contributed by atoms with Crippen molar-refractivity contribution < 1.29 is 31.2 Å². The van der Waals surface area contributed by atoms with Crippen LogP contribution < -0.4 is 20.7 Å². The van der Waals surface area contributed by atoms with Gasteiger partial charge in [-0.1, -0.05) is 66.9 Å². The van der Waals surface area contributed by atoms with Crippen LogP contribution in [0, 0.1) is 0 Å². The van der Waals surface area contributed by atoms with Crippen LogP contribution in [0.25, 0.3) is 10.9 Å². The number of hydrogen-bond donors (Lipinski definition) is 3. The summed E-state index contributed by atoms with van der Waals surface area (Å²) in [5.41, 5.74) is 4.14. The average Bonchev–Trinajstić information content (AvgIpc) is 4.08. The van der Waals surface area contributed by atoms with Crippen molar-refractivity contribution in [3.8, 4) is 5.75 Å². The van der Waals surface area contributed by atoms with Gasteiger partial charge in [-0.3, -0.25) is 14.6 Å². The number of carbonyl (C=O) groups excluding carboxylic acids is 2. The summed E-state index contributed by atoms with van der Waals surface area (Å²) in [7, 11) is -7.16. The second-order valence-electron chi connectivity index (χ2n) is 17.1. The normalized spacial score (nSPS) is 15.1. The summed E-state index contributed by atoms with van der Waals surface area (Å²) >= 11 is 14.1. The number of piperidine rings is 2. The van der Waals surface area contributed by atoms with E-state index in [-0.39, 0.29) is 37.0 Å². The topological polar surface area (TPSA) is 167 Å². The van der Waals surface area contributed by atoms with Crippen molar-refractivity contribution in [2.45, 2.75) is 79.1 Å². The Balaban J connectivity index is 0.000000191. The van der Waals surface area contributed by atoms with Gasteiger partial charge in [0.05, 0.1) is 24.3 Å². The molecule has 0 unspecified atom stereocenters. The minimum atomic E-state index is -3.58. The Morgan fingerprint density at radius 1 is 0.662 bits per heavy atom. The number of anilines is 1. The first-order valence-electron chi connectivity index (χ1n) is 23.4. The quantitative estimate of drug-likeness (QED) is 0.0853. The Morgan fingerprint density at radius 3 is 1.73 bits per heavy atom. The minimum Gasteiger partial charge on any atom is -0.490 e. The highest BCUT2D eigenvalue weighted by Crippen LogP contribution is 2.31. The van der Waals surface area contributed by atoms with Crippen LogP contribution in [-0.4, -0.2) is 80.6 Å². The Kier molecular flexibility index (Phi) is 17.5. The first-order chi connectivity index (χ1) is 34.2. The van der Waals surface area contributed by atoms with Gasteiger partial charge in [0.25, 0.3) is 31.9 Å². The van der Waals surface area contributed by atoms with E-state index in [1.165, 1.54) is 32.5 Å². The lowest BCUT2D eigenvalue weighted by molar-refractivity contribution is 0.0943. The van der Waals surface area contributed by atoms with Crippen LogP contribution in [0.3, 0.4) is 0 Å². The zero-order valence-electron chi connectivity index (χ0n) is 38.9. The highest BCUT2D eigenvalue weighted by atomic mass is 35.5. The number of amides is 2. The molecule has 4 aromatic carbocycles. The van der Waals surface area contributed by atoms with Gasteiger partial charge in [0.15, 0.2) is 0 Å². The summed E-state index contributed by atoms with van der Waals surface area (Å²) in [6, 6.07) is 38.3. The van der Waals surface area contributed by atoms with Gasteiger partial charge >= 0.3 is 0 Å². The largest absolute Gasteiger partial charge is 0.490 e. The van der Waals surface area contributed by atoms with Gasteiger partial charge in [-0.05, 0) is 135 Å². The van der Waals surface area contributed by atoms with E-state index in [0.29, 0.717) is 81.5 Å². The van der Waals surface area contributed by atoms with Crippen LogP contribution in [0.5, 0.6) is 5.75 Å². The van der Waals surface area contributed by atoms with E-state index in [2.05, 4.69) is 40.0 Å². The van der Waals surface area contributed by atoms with Crippen molar-refractivity contribution in [3.05, 3.63) is 170 Å². The molecule has 0 radical (unpaired) electrons. The number of para-hydroxylation sites is 1. The van der Waals surface area contributed by atoms with Crippen LogP contribution in [0.2, 0.25) is 10.0 Å². The third kappa shape index (κ3) is 13.6. The summed E-state index contributed by atoms with van der Waals surface area (Å²) in [4.78, 5) is 30.7. The summed E-state index contributed by atoms with van der Waals surface area (Å²) in [5, 5.41) is 11.4. The third-order valence-electron chi connectivity index (χ3n) is 12.1. The standard InChI is InChI=1S/C26H25ClN4O3S2.C26H29ClN2O4S2/c27-20-8-6-19(7-9-20)26(32)29-17-22-10-11-24(35-22)36(33,34)31-15-12-21(13-16-31)30-23-5-1-3-18-4-2-14-28-25(18)23;1-2-4-19-5-3-6-23(17-19)33-22-13-15-29(16-14-22)35(31,32)25-12-11-24(34-25)18-28-26(30)20-7-9-21(27)10-8-20/h1-11,14,21,30H,12-13,15-17H2,(H,29,32);3,5-12,17,22H,2,4,13-16,18H2,1H3,(H,28,30).